The van der Waals surface area contributed by atoms with Gasteiger partial charge in [0.25, 0.3) is 5.91 Å². The molecule has 5 nitrogen and oxygen atoms in total. The van der Waals surface area contributed by atoms with Gasteiger partial charge in [-0.2, -0.15) is 0 Å². The topological polar surface area (TPSA) is 60.9 Å². The second-order valence-corrected chi connectivity index (χ2v) is 7.62. The first-order valence-electron chi connectivity index (χ1n) is 8.67. The molecule has 1 atom stereocenters. The van der Waals surface area contributed by atoms with E-state index in [1.165, 1.54) is 5.56 Å². The molecule has 1 fully saturated rings. The molecule has 0 aliphatic carbocycles. The van der Waals surface area contributed by atoms with Crippen molar-refractivity contribution in [3.05, 3.63) is 65.2 Å². The van der Waals surface area contributed by atoms with Gasteiger partial charge in [-0.25, -0.2) is 0 Å². The van der Waals surface area contributed by atoms with E-state index < -0.39 is 6.04 Å². The maximum atomic E-state index is 13.1. The Hall–Kier alpha value is -2.47. The van der Waals surface area contributed by atoms with Gasteiger partial charge in [0.15, 0.2) is 0 Å². The second kappa shape index (κ2) is 7.03. The van der Waals surface area contributed by atoms with Crippen molar-refractivity contribution in [1.82, 2.24) is 9.80 Å². The highest BCUT2D eigenvalue weighted by Gasteiger charge is 2.38. The van der Waals surface area contributed by atoms with E-state index in [1.807, 2.05) is 29.2 Å². The Bertz CT molecular complexity index is 840. The van der Waals surface area contributed by atoms with Crippen molar-refractivity contribution in [2.75, 3.05) is 18.2 Å². The molecule has 0 radical (unpaired) electrons. The van der Waals surface area contributed by atoms with Crippen LogP contribution in [-0.4, -0.2) is 50.9 Å². The van der Waals surface area contributed by atoms with Gasteiger partial charge < -0.3 is 14.9 Å². The summed E-state index contributed by atoms with van der Waals surface area (Å²) in [6.45, 7) is 1.13. The fraction of sp³-hybridized carbons (Fsp3) is 0.300. The number of aromatic hydroxyl groups is 1. The highest BCUT2D eigenvalue weighted by molar-refractivity contribution is 7.99. The molecule has 1 saturated heterocycles. The number of phenols is 1. The lowest BCUT2D eigenvalue weighted by Gasteiger charge is -2.33. The number of hydrogen-bond acceptors (Lipinski definition) is 4. The van der Waals surface area contributed by atoms with Crippen LogP contribution in [0.3, 0.4) is 0 Å². The molecule has 2 heterocycles. The lowest BCUT2D eigenvalue weighted by Crippen LogP contribution is -2.50. The molecule has 134 valence electrons. The largest absolute Gasteiger partial charge is 0.508 e. The molecule has 0 spiro atoms. The molecule has 2 aromatic carbocycles. The summed E-state index contributed by atoms with van der Waals surface area (Å²) in [5.74, 6) is 1.28. The van der Waals surface area contributed by atoms with Crippen LogP contribution >= 0.6 is 11.8 Å². The number of phenolic OH excluding ortho intramolecular Hbond substituents is 1. The molecule has 1 N–H and O–H groups in total. The number of amides is 2. The maximum absolute atomic E-state index is 13.1. The summed E-state index contributed by atoms with van der Waals surface area (Å²) in [7, 11) is 0. The highest BCUT2D eigenvalue weighted by atomic mass is 32.2. The summed E-state index contributed by atoms with van der Waals surface area (Å²) in [5.41, 5.74) is 2.77. The van der Waals surface area contributed by atoms with Crippen LogP contribution in [0.15, 0.2) is 48.5 Å². The van der Waals surface area contributed by atoms with E-state index in [9.17, 15) is 14.7 Å². The molecular formula is C20H20N2O3S. The minimum absolute atomic E-state index is 0.00623. The lowest BCUT2D eigenvalue weighted by atomic mass is 9.99. The first kappa shape index (κ1) is 17.0. The van der Waals surface area contributed by atoms with Crippen LogP contribution < -0.4 is 0 Å². The summed E-state index contributed by atoms with van der Waals surface area (Å²) in [6, 6.07) is 14.0. The lowest BCUT2D eigenvalue weighted by molar-refractivity contribution is -0.135. The number of thioether (sulfide) groups is 1. The number of carbonyl (C=O) groups is 2. The number of nitrogens with zero attached hydrogens (tertiary/aromatic N) is 2. The van der Waals surface area contributed by atoms with Crippen LogP contribution in [0.25, 0.3) is 0 Å². The Morgan fingerprint density at radius 3 is 2.69 bits per heavy atom. The van der Waals surface area contributed by atoms with E-state index in [-0.39, 0.29) is 17.6 Å². The van der Waals surface area contributed by atoms with Crippen LogP contribution in [0.4, 0.5) is 0 Å². The average molecular weight is 368 g/mol. The van der Waals surface area contributed by atoms with E-state index in [0.717, 1.165) is 12.0 Å². The van der Waals surface area contributed by atoms with E-state index in [1.54, 1.807) is 40.9 Å². The normalized spacial score (nSPS) is 19.3. The van der Waals surface area contributed by atoms with Gasteiger partial charge in [-0.3, -0.25) is 9.59 Å². The van der Waals surface area contributed by atoms with Crippen molar-refractivity contribution in [1.29, 1.82) is 0 Å². The van der Waals surface area contributed by atoms with Crippen molar-refractivity contribution < 1.29 is 14.7 Å². The summed E-state index contributed by atoms with van der Waals surface area (Å²) in [4.78, 5) is 29.4. The fourth-order valence-corrected chi connectivity index (χ4v) is 4.68. The average Bonchev–Trinajstić information content (AvgIpc) is 3.16. The Labute approximate surface area is 156 Å². The molecule has 2 amide bonds. The van der Waals surface area contributed by atoms with Crippen LogP contribution in [-0.2, 0) is 17.8 Å². The van der Waals surface area contributed by atoms with E-state index in [0.29, 0.717) is 30.3 Å². The first-order valence-corrected chi connectivity index (χ1v) is 9.82. The van der Waals surface area contributed by atoms with Gasteiger partial charge in [-0.15, -0.1) is 11.8 Å². The van der Waals surface area contributed by atoms with Crippen molar-refractivity contribution in [3.8, 4) is 5.75 Å². The van der Waals surface area contributed by atoms with Gasteiger partial charge in [0.2, 0.25) is 5.91 Å². The molecule has 26 heavy (non-hydrogen) atoms. The second-order valence-electron chi connectivity index (χ2n) is 6.62. The molecule has 2 aliphatic rings. The molecule has 2 aromatic rings. The Kier molecular flexibility index (Phi) is 4.59. The quantitative estimate of drug-likeness (QED) is 0.885. The highest BCUT2D eigenvalue weighted by Crippen LogP contribution is 2.28. The van der Waals surface area contributed by atoms with E-state index in [4.69, 9.17) is 0 Å². The van der Waals surface area contributed by atoms with Crippen molar-refractivity contribution in [2.45, 2.75) is 19.0 Å². The molecule has 0 aromatic heterocycles. The Balaban J connectivity index is 1.51. The predicted octanol–water partition coefficient (Wildman–Crippen LogP) is 2.49. The van der Waals surface area contributed by atoms with Gasteiger partial charge in [-0.05, 0) is 41.8 Å². The van der Waals surface area contributed by atoms with Gasteiger partial charge in [-0.1, -0.05) is 24.3 Å². The van der Waals surface area contributed by atoms with Crippen molar-refractivity contribution in [2.24, 2.45) is 0 Å². The Morgan fingerprint density at radius 2 is 1.88 bits per heavy atom. The minimum atomic E-state index is -0.424. The fourth-order valence-electron chi connectivity index (χ4n) is 3.54. The van der Waals surface area contributed by atoms with Gasteiger partial charge in [0, 0.05) is 24.4 Å². The number of carbonyl (C=O) groups excluding carboxylic acids is 2. The van der Waals surface area contributed by atoms with Gasteiger partial charge in [0.1, 0.15) is 11.8 Å². The summed E-state index contributed by atoms with van der Waals surface area (Å²) in [6.07, 6.45) is 0.772. The molecular weight excluding hydrogens is 348 g/mol. The van der Waals surface area contributed by atoms with Gasteiger partial charge in [0.05, 0.1) is 5.88 Å². The molecule has 2 aliphatic heterocycles. The van der Waals surface area contributed by atoms with Crippen LogP contribution in [0.5, 0.6) is 5.75 Å². The monoisotopic (exact) mass is 368 g/mol. The minimum Gasteiger partial charge on any atom is -0.508 e. The van der Waals surface area contributed by atoms with Crippen LogP contribution in [0, 0.1) is 0 Å². The smallest absolute Gasteiger partial charge is 0.255 e. The van der Waals surface area contributed by atoms with E-state index >= 15 is 0 Å². The SMILES string of the molecule is O=C(C1CSCN1C(=O)c1ccccc1)N1CCc2ccc(O)cc2C1. The zero-order valence-corrected chi connectivity index (χ0v) is 15.1. The number of rotatable bonds is 2. The number of hydrogen-bond donors (Lipinski definition) is 1. The standard InChI is InChI=1S/C20H20N2O3S/c23-17-7-6-14-8-9-21(11-16(14)10-17)20(25)18-12-26-13-22(18)19(24)15-4-2-1-3-5-15/h1-7,10,18,23H,8-9,11-13H2. The third-order valence-electron chi connectivity index (χ3n) is 4.96. The molecule has 0 saturated carbocycles. The number of benzene rings is 2. The third-order valence-corrected chi connectivity index (χ3v) is 5.97. The predicted molar refractivity (Wildman–Crippen MR) is 101 cm³/mol. The molecule has 6 heteroatoms. The number of fused-ring (bicyclic) bond motifs is 1. The first-order chi connectivity index (χ1) is 12.6. The van der Waals surface area contributed by atoms with Crippen molar-refractivity contribution in [3.63, 3.8) is 0 Å². The van der Waals surface area contributed by atoms with Crippen molar-refractivity contribution >= 4 is 23.6 Å². The molecule has 1 unspecified atom stereocenters. The van der Waals surface area contributed by atoms with Crippen LogP contribution in [0.2, 0.25) is 0 Å². The summed E-state index contributed by atoms with van der Waals surface area (Å²) in [5, 5.41) is 9.71. The summed E-state index contributed by atoms with van der Waals surface area (Å²) >= 11 is 1.61. The zero-order valence-electron chi connectivity index (χ0n) is 14.3. The molecule has 0 bridgehead atoms. The van der Waals surface area contributed by atoms with E-state index in [2.05, 4.69) is 0 Å². The third kappa shape index (κ3) is 3.17. The maximum Gasteiger partial charge on any atom is 0.255 e. The summed E-state index contributed by atoms with van der Waals surface area (Å²) < 4.78 is 0. The molecule has 4 rings (SSSR count). The Morgan fingerprint density at radius 1 is 1.08 bits per heavy atom. The zero-order chi connectivity index (χ0) is 18.1. The van der Waals surface area contributed by atoms with Gasteiger partial charge >= 0.3 is 0 Å². The van der Waals surface area contributed by atoms with Crippen LogP contribution in [0.1, 0.15) is 21.5 Å².